The summed E-state index contributed by atoms with van der Waals surface area (Å²) in [6, 6.07) is 9.73. The minimum absolute atomic E-state index is 0.0545. The largest absolute Gasteiger partial charge is 0.493 e. The Hall–Kier alpha value is -2.24. The Morgan fingerprint density at radius 1 is 1.04 bits per heavy atom. The molecule has 0 saturated carbocycles. The van der Waals surface area contributed by atoms with Gasteiger partial charge >= 0.3 is 5.97 Å². The Morgan fingerprint density at radius 2 is 1.72 bits per heavy atom. The van der Waals surface area contributed by atoms with E-state index < -0.39 is 5.97 Å². The summed E-state index contributed by atoms with van der Waals surface area (Å²) >= 11 is 12.0. The van der Waals surface area contributed by atoms with Crippen LogP contribution < -0.4 is 9.47 Å². The summed E-state index contributed by atoms with van der Waals surface area (Å²) in [6.45, 7) is 1.07. The van der Waals surface area contributed by atoms with Gasteiger partial charge in [0.05, 0.1) is 7.11 Å². The molecule has 2 rings (SSSR count). The zero-order valence-electron chi connectivity index (χ0n) is 13.7. The standard InChI is InChI=1S/C18H16Cl2O5/c1-11(21)12-6-7-16(17(8-12)23-2)24-10-18(22)25-9-13-14(19)4-3-5-15(13)20/h3-8H,9-10H2,1-2H3. The average molecular weight is 383 g/mol. The van der Waals surface area contributed by atoms with Gasteiger partial charge in [-0.15, -0.1) is 0 Å². The second-order valence-corrected chi connectivity index (χ2v) is 5.89. The zero-order valence-corrected chi connectivity index (χ0v) is 15.2. The molecule has 5 nitrogen and oxygen atoms in total. The molecular formula is C18H16Cl2O5. The molecule has 2 aromatic rings. The Labute approximate surface area is 155 Å². The van der Waals surface area contributed by atoms with Gasteiger partial charge in [-0.2, -0.15) is 0 Å². The van der Waals surface area contributed by atoms with Gasteiger partial charge in [-0.05, 0) is 37.3 Å². The fourth-order valence-corrected chi connectivity index (χ4v) is 2.51. The first-order chi connectivity index (χ1) is 11.9. The molecule has 0 saturated heterocycles. The van der Waals surface area contributed by atoms with Gasteiger partial charge in [0.2, 0.25) is 0 Å². The van der Waals surface area contributed by atoms with Crippen LogP contribution >= 0.6 is 23.2 Å². The molecule has 0 amide bonds. The van der Waals surface area contributed by atoms with Gasteiger partial charge in [-0.3, -0.25) is 4.79 Å². The molecule has 0 bridgehead atoms. The lowest BCUT2D eigenvalue weighted by Crippen LogP contribution is -2.15. The third-order valence-electron chi connectivity index (χ3n) is 3.35. The molecule has 0 atom stereocenters. The lowest BCUT2D eigenvalue weighted by molar-refractivity contribution is -0.147. The highest BCUT2D eigenvalue weighted by Crippen LogP contribution is 2.28. The van der Waals surface area contributed by atoms with Crippen LogP contribution in [0.4, 0.5) is 0 Å². The van der Waals surface area contributed by atoms with Crippen LogP contribution in [0.2, 0.25) is 10.0 Å². The molecule has 0 aliphatic heterocycles. The van der Waals surface area contributed by atoms with Crippen molar-refractivity contribution in [3.8, 4) is 11.5 Å². The lowest BCUT2D eigenvalue weighted by Gasteiger charge is -2.12. The number of hydrogen-bond donors (Lipinski definition) is 0. The molecule has 25 heavy (non-hydrogen) atoms. The van der Waals surface area contributed by atoms with Crippen LogP contribution in [-0.2, 0) is 16.1 Å². The number of benzene rings is 2. The number of ether oxygens (including phenoxy) is 3. The first-order valence-corrected chi connectivity index (χ1v) is 8.08. The number of esters is 1. The van der Waals surface area contributed by atoms with Crippen LogP contribution in [0, 0.1) is 0 Å². The number of ketones is 1. The summed E-state index contributed by atoms with van der Waals surface area (Å²) < 4.78 is 15.7. The molecule has 7 heteroatoms. The van der Waals surface area contributed by atoms with E-state index in [0.29, 0.717) is 32.7 Å². The number of hydrogen-bond acceptors (Lipinski definition) is 5. The van der Waals surface area contributed by atoms with Crippen molar-refractivity contribution in [2.75, 3.05) is 13.7 Å². The van der Waals surface area contributed by atoms with Crippen LogP contribution in [0.3, 0.4) is 0 Å². The van der Waals surface area contributed by atoms with Crippen molar-refractivity contribution in [1.29, 1.82) is 0 Å². The highest BCUT2D eigenvalue weighted by atomic mass is 35.5. The normalized spacial score (nSPS) is 10.2. The third kappa shape index (κ3) is 5.11. The van der Waals surface area contributed by atoms with E-state index in [-0.39, 0.29) is 19.0 Å². The number of halogens is 2. The number of rotatable bonds is 7. The zero-order chi connectivity index (χ0) is 18.4. The topological polar surface area (TPSA) is 61.8 Å². The maximum Gasteiger partial charge on any atom is 0.344 e. The van der Waals surface area contributed by atoms with Gasteiger partial charge in [0.1, 0.15) is 6.61 Å². The maximum atomic E-state index is 11.9. The molecule has 0 spiro atoms. The number of methoxy groups -OCH3 is 1. The molecule has 0 aliphatic carbocycles. The van der Waals surface area contributed by atoms with E-state index in [1.165, 1.54) is 14.0 Å². The van der Waals surface area contributed by atoms with Gasteiger partial charge in [0.15, 0.2) is 23.9 Å². The second kappa shape index (κ2) is 8.74. The van der Waals surface area contributed by atoms with Crippen molar-refractivity contribution >= 4 is 35.0 Å². The van der Waals surface area contributed by atoms with Gasteiger partial charge < -0.3 is 14.2 Å². The smallest absolute Gasteiger partial charge is 0.344 e. The van der Waals surface area contributed by atoms with Crippen LogP contribution in [0.1, 0.15) is 22.8 Å². The van der Waals surface area contributed by atoms with Crippen LogP contribution in [0.25, 0.3) is 0 Å². The SMILES string of the molecule is COc1cc(C(C)=O)ccc1OCC(=O)OCc1c(Cl)cccc1Cl. The summed E-state index contributed by atoms with van der Waals surface area (Å²) in [4.78, 5) is 23.2. The average Bonchev–Trinajstić information content (AvgIpc) is 2.59. The fraction of sp³-hybridized carbons (Fsp3) is 0.222. The van der Waals surface area contributed by atoms with E-state index in [9.17, 15) is 9.59 Å². The van der Waals surface area contributed by atoms with Crippen molar-refractivity contribution in [2.45, 2.75) is 13.5 Å². The highest BCUT2D eigenvalue weighted by molar-refractivity contribution is 6.35. The molecule has 0 heterocycles. The van der Waals surface area contributed by atoms with Crippen LogP contribution in [0.5, 0.6) is 11.5 Å². The first-order valence-electron chi connectivity index (χ1n) is 7.32. The molecule has 2 aromatic carbocycles. The van der Waals surface area contributed by atoms with E-state index in [4.69, 9.17) is 37.4 Å². The van der Waals surface area contributed by atoms with Crippen molar-refractivity contribution in [3.05, 3.63) is 57.6 Å². The maximum absolute atomic E-state index is 11.9. The lowest BCUT2D eigenvalue weighted by atomic mass is 10.1. The van der Waals surface area contributed by atoms with E-state index in [1.807, 2.05) is 0 Å². The summed E-state index contributed by atoms with van der Waals surface area (Å²) in [6.07, 6.45) is 0. The highest BCUT2D eigenvalue weighted by Gasteiger charge is 2.13. The summed E-state index contributed by atoms with van der Waals surface area (Å²) in [5.41, 5.74) is 1.02. The van der Waals surface area contributed by atoms with Crippen molar-refractivity contribution < 1.29 is 23.8 Å². The quantitative estimate of drug-likeness (QED) is 0.526. The molecular weight excluding hydrogens is 367 g/mol. The van der Waals surface area contributed by atoms with Crippen LogP contribution in [-0.4, -0.2) is 25.5 Å². The van der Waals surface area contributed by atoms with Crippen molar-refractivity contribution in [3.63, 3.8) is 0 Å². The molecule has 0 unspecified atom stereocenters. The van der Waals surface area contributed by atoms with E-state index in [1.54, 1.807) is 36.4 Å². The number of carbonyl (C=O) groups is 2. The Bertz CT molecular complexity index is 769. The molecule has 0 N–H and O–H groups in total. The molecule has 0 radical (unpaired) electrons. The summed E-state index contributed by atoms with van der Waals surface area (Å²) in [5, 5.41) is 0.838. The third-order valence-corrected chi connectivity index (χ3v) is 4.06. The van der Waals surface area contributed by atoms with E-state index in [0.717, 1.165) is 0 Å². The van der Waals surface area contributed by atoms with Gasteiger partial charge in [0.25, 0.3) is 0 Å². The first kappa shape index (κ1) is 19.1. The molecule has 0 aromatic heterocycles. The minimum atomic E-state index is -0.589. The summed E-state index contributed by atoms with van der Waals surface area (Å²) in [7, 11) is 1.45. The molecule has 132 valence electrons. The fourth-order valence-electron chi connectivity index (χ4n) is 2.01. The molecule has 0 fully saturated rings. The van der Waals surface area contributed by atoms with E-state index in [2.05, 4.69) is 0 Å². The number of Topliss-reactive ketones (excluding diaryl/α,β-unsaturated/α-hetero) is 1. The Morgan fingerprint density at radius 3 is 2.32 bits per heavy atom. The van der Waals surface area contributed by atoms with Crippen molar-refractivity contribution in [1.82, 2.24) is 0 Å². The van der Waals surface area contributed by atoms with Gasteiger partial charge in [-0.25, -0.2) is 4.79 Å². The van der Waals surface area contributed by atoms with Gasteiger partial charge in [-0.1, -0.05) is 29.3 Å². The second-order valence-electron chi connectivity index (χ2n) is 5.07. The van der Waals surface area contributed by atoms with E-state index >= 15 is 0 Å². The van der Waals surface area contributed by atoms with Crippen molar-refractivity contribution in [2.24, 2.45) is 0 Å². The summed E-state index contributed by atoms with van der Waals surface area (Å²) in [5.74, 6) is 0.00411. The predicted octanol–water partition coefficient (Wildman–Crippen LogP) is 4.33. The Kier molecular flexibility index (Phi) is 6.67. The monoisotopic (exact) mass is 382 g/mol. The number of carbonyl (C=O) groups excluding carboxylic acids is 2. The molecule has 0 aliphatic rings. The Balaban J connectivity index is 1.95. The minimum Gasteiger partial charge on any atom is -0.493 e. The predicted molar refractivity (Wildman–Crippen MR) is 94.8 cm³/mol. The van der Waals surface area contributed by atoms with Gasteiger partial charge in [0, 0.05) is 21.2 Å². The van der Waals surface area contributed by atoms with Crippen LogP contribution in [0.15, 0.2) is 36.4 Å².